The van der Waals surface area contributed by atoms with E-state index in [1.54, 1.807) is 25.8 Å². The molecule has 1 aliphatic carbocycles. The highest BCUT2D eigenvalue weighted by Crippen LogP contribution is 2.33. The number of nitrogens with zero attached hydrogens (tertiary/aromatic N) is 1. The minimum Gasteiger partial charge on any atom is -0.454 e. The van der Waals surface area contributed by atoms with Crippen molar-refractivity contribution >= 4 is 21.9 Å². The van der Waals surface area contributed by atoms with E-state index in [0.29, 0.717) is 0 Å². The van der Waals surface area contributed by atoms with Crippen LogP contribution in [0.1, 0.15) is 43.9 Å². The summed E-state index contributed by atoms with van der Waals surface area (Å²) < 4.78 is 46.6. The second-order valence-corrected chi connectivity index (χ2v) is 10.2. The van der Waals surface area contributed by atoms with Gasteiger partial charge in [0.2, 0.25) is 10.0 Å². The molecule has 1 N–H and O–H groups in total. The Kier molecular flexibility index (Phi) is 7.86. The van der Waals surface area contributed by atoms with Gasteiger partial charge in [-0.1, -0.05) is 50.2 Å². The third-order valence-corrected chi connectivity index (χ3v) is 7.34. The van der Waals surface area contributed by atoms with Crippen LogP contribution in [-0.2, 0) is 30.8 Å². The molecule has 1 amide bonds. The summed E-state index contributed by atoms with van der Waals surface area (Å²) in [6.45, 7) is 2.74. The van der Waals surface area contributed by atoms with Crippen LogP contribution in [0.25, 0.3) is 0 Å². The lowest BCUT2D eigenvalue weighted by Crippen LogP contribution is -2.46. The SMILES string of the molecule is CC(C)[C@H](NS(=O)(=O)c1ccccc1F)C(=O)OCC(=O)N(C)C1CCCc2ccccc21. The maximum absolute atomic E-state index is 14.0. The molecule has 178 valence electrons. The second kappa shape index (κ2) is 10.4. The van der Waals surface area contributed by atoms with E-state index in [4.69, 9.17) is 4.74 Å². The van der Waals surface area contributed by atoms with Crippen LogP contribution in [0.5, 0.6) is 0 Å². The fourth-order valence-electron chi connectivity index (χ4n) is 3.98. The van der Waals surface area contributed by atoms with Crippen LogP contribution in [0, 0.1) is 11.7 Å². The van der Waals surface area contributed by atoms with Gasteiger partial charge in [0.1, 0.15) is 16.8 Å². The quantitative estimate of drug-likeness (QED) is 0.591. The van der Waals surface area contributed by atoms with E-state index in [1.807, 2.05) is 18.2 Å². The van der Waals surface area contributed by atoms with Crippen LogP contribution in [0.4, 0.5) is 4.39 Å². The Bertz CT molecular complexity index is 1120. The minimum absolute atomic E-state index is 0.110. The number of sulfonamides is 1. The van der Waals surface area contributed by atoms with E-state index in [1.165, 1.54) is 17.7 Å². The van der Waals surface area contributed by atoms with Crippen LogP contribution >= 0.6 is 0 Å². The minimum atomic E-state index is -4.31. The second-order valence-electron chi connectivity index (χ2n) is 8.49. The number of hydrogen-bond donors (Lipinski definition) is 1. The molecule has 0 heterocycles. The van der Waals surface area contributed by atoms with Crippen LogP contribution < -0.4 is 4.72 Å². The molecule has 0 bridgehead atoms. The molecule has 33 heavy (non-hydrogen) atoms. The first-order valence-electron chi connectivity index (χ1n) is 10.9. The molecule has 2 aromatic rings. The monoisotopic (exact) mass is 476 g/mol. The van der Waals surface area contributed by atoms with Crippen LogP contribution in [0.15, 0.2) is 53.4 Å². The number of amides is 1. The van der Waals surface area contributed by atoms with Crippen molar-refractivity contribution in [3.05, 3.63) is 65.5 Å². The maximum atomic E-state index is 14.0. The zero-order chi connectivity index (χ0) is 24.2. The van der Waals surface area contributed by atoms with Crippen molar-refractivity contribution in [2.24, 2.45) is 5.92 Å². The molecular weight excluding hydrogens is 447 g/mol. The highest BCUT2D eigenvalue weighted by molar-refractivity contribution is 7.89. The fraction of sp³-hybridized carbons (Fsp3) is 0.417. The first kappa shape index (κ1) is 24.9. The van der Waals surface area contributed by atoms with Crippen LogP contribution in [0.2, 0.25) is 0 Å². The number of hydrogen-bond acceptors (Lipinski definition) is 5. The topological polar surface area (TPSA) is 92.8 Å². The van der Waals surface area contributed by atoms with Gasteiger partial charge in [0.05, 0.1) is 6.04 Å². The van der Waals surface area contributed by atoms with Crippen molar-refractivity contribution in [3.8, 4) is 0 Å². The van der Waals surface area contributed by atoms with Crippen molar-refractivity contribution < 1.29 is 27.1 Å². The molecule has 7 nitrogen and oxygen atoms in total. The molecular formula is C24H29FN2O5S. The van der Waals surface area contributed by atoms with Crippen molar-refractivity contribution in [2.45, 2.75) is 50.1 Å². The smallest absolute Gasteiger partial charge is 0.324 e. The van der Waals surface area contributed by atoms with E-state index >= 15 is 0 Å². The van der Waals surface area contributed by atoms with Gasteiger partial charge in [-0.2, -0.15) is 4.72 Å². The summed E-state index contributed by atoms with van der Waals surface area (Å²) >= 11 is 0. The predicted octanol–water partition coefficient (Wildman–Crippen LogP) is 3.21. The third kappa shape index (κ3) is 5.78. The average molecular weight is 477 g/mol. The predicted molar refractivity (Wildman–Crippen MR) is 121 cm³/mol. The van der Waals surface area contributed by atoms with E-state index in [9.17, 15) is 22.4 Å². The first-order valence-corrected chi connectivity index (χ1v) is 12.4. The van der Waals surface area contributed by atoms with Crippen molar-refractivity contribution in [2.75, 3.05) is 13.7 Å². The summed E-state index contributed by atoms with van der Waals surface area (Å²) in [4.78, 5) is 26.4. The highest BCUT2D eigenvalue weighted by Gasteiger charge is 2.32. The van der Waals surface area contributed by atoms with Crippen molar-refractivity contribution in [3.63, 3.8) is 0 Å². The van der Waals surface area contributed by atoms with Crippen LogP contribution in [0.3, 0.4) is 0 Å². The molecule has 0 aromatic heterocycles. The van der Waals surface area contributed by atoms with Crippen molar-refractivity contribution in [1.29, 1.82) is 0 Å². The Morgan fingerprint density at radius 3 is 2.52 bits per heavy atom. The molecule has 2 atom stereocenters. The molecule has 1 aliphatic rings. The number of benzene rings is 2. The molecule has 0 spiro atoms. The molecule has 0 fully saturated rings. The Morgan fingerprint density at radius 2 is 1.82 bits per heavy atom. The number of carbonyl (C=O) groups excluding carboxylic acids is 2. The zero-order valence-corrected chi connectivity index (χ0v) is 19.8. The van der Waals surface area contributed by atoms with Gasteiger partial charge in [-0.25, -0.2) is 12.8 Å². The van der Waals surface area contributed by atoms with Gasteiger partial charge in [-0.3, -0.25) is 9.59 Å². The zero-order valence-electron chi connectivity index (χ0n) is 19.0. The largest absolute Gasteiger partial charge is 0.454 e. The van der Waals surface area contributed by atoms with Gasteiger partial charge in [0.15, 0.2) is 6.61 Å². The molecule has 0 saturated heterocycles. The summed E-state index contributed by atoms with van der Waals surface area (Å²) in [5, 5.41) is 0. The molecule has 0 saturated carbocycles. The standard InChI is InChI=1S/C24H29FN2O5S/c1-16(2)23(26-33(30,31)21-14-7-6-12-19(21)25)24(29)32-15-22(28)27(3)20-13-8-10-17-9-4-5-11-18(17)20/h4-7,9,11-12,14,16,20,23,26H,8,10,13,15H2,1-3H3/t20?,23-/m0/s1. The lowest BCUT2D eigenvalue weighted by Gasteiger charge is -2.33. The summed E-state index contributed by atoms with van der Waals surface area (Å²) in [6, 6.07) is 11.5. The van der Waals surface area contributed by atoms with Gasteiger partial charge in [-0.05, 0) is 48.4 Å². The molecule has 3 rings (SSSR count). The summed E-state index contributed by atoms with van der Waals surface area (Å²) in [7, 11) is -2.64. The van der Waals surface area contributed by atoms with Gasteiger partial charge < -0.3 is 9.64 Å². The van der Waals surface area contributed by atoms with E-state index in [2.05, 4.69) is 10.8 Å². The van der Waals surface area contributed by atoms with Gasteiger partial charge >= 0.3 is 5.97 Å². The number of rotatable bonds is 8. The van der Waals surface area contributed by atoms with E-state index in [-0.39, 0.29) is 11.9 Å². The number of halogens is 1. The number of fused-ring (bicyclic) bond motifs is 1. The number of ether oxygens (including phenoxy) is 1. The lowest BCUT2D eigenvalue weighted by atomic mass is 9.87. The van der Waals surface area contributed by atoms with E-state index in [0.717, 1.165) is 37.0 Å². The Balaban J connectivity index is 1.65. The fourth-order valence-corrected chi connectivity index (χ4v) is 5.39. The molecule has 0 aliphatic heterocycles. The molecule has 1 unspecified atom stereocenters. The molecule has 9 heteroatoms. The number of esters is 1. The number of aryl methyl sites for hydroxylation is 1. The van der Waals surface area contributed by atoms with E-state index < -0.39 is 45.3 Å². The lowest BCUT2D eigenvalue weighted by molar-refractivity contribution is -0.154. The maximum Gasteiger partial charge on any atom is 0.324 e. The number of carbonyl (C=O) groups is 2. The van der Waals surface area contributed by atoms with Crippen LogP contribution in [-0.4, -0.2) is 44.9 Å². The Hall–Kier alpha value is -2.78. The summed E-state index contributed by atoms with van der Waals surface area (Å²) in [6.07, 6.45) is 2.72. The highest BCUT2D eigenvalue weighted by atomic mass is 32.2. The Morgan fingerprint density at radius 1 is 1.15 bits per heavy atom. The number of nitrogens with one attached hydrogen (secondary N) is 1. The first-order chi connectivity index (χ1) is 15.6. The number of likely N-dealkylation sites (N-methyl/N-ethyl adjacent to an activating group) is 1. The average Bonchev–Trinajstić information content (AvgIpc) is 2.80. The van der Waals surface area contributed by atoms with Gasteiger partial charge in [-0.15, -0.1) is 0 Å². The summed E-state index contributed by atoms with van der Waals surface area (Å²) in [5.74, 6) is -2.69. The Labute approximate surface area is 194 Å². The van der Waals surface area contributed by atoms with Gasteiger partial charge in [0, 0.05) is 7.05 Å². The molecule has 2 aromatic carbocycles. The summed E-state index contributed by atoms with van der Waals surface area (Å²) in [5.41, 5.74) is 2.29. The molecule has 0 radical (unpaired) electrons. The third-order valence-electron chi connectivity index (χ3n) is 5.87. The normalized spacial score (nSPS) is 16.7. The van der Waals surface area contributed by atoms with Crippen molar-refractivity contribution in [1.82, 2.24) is 9.62 Å². The van der Waals surface area contributed by atoms with Gasteiger partial charge in [0.25, 0.3) is 5.91 Å².